The van der Waals surface area contributed by atoms with Crippen molar-refractivity contribution in [2.75, 3.05) is 19.7 Å². The lowest BCUT2D eigenvalue weighted by molar-refractivity contribution is -0.0551. The Balaban J connectivity index is 1.94. The average Bonchev–Trinajstić information content (AvgIpc) is 2.89. The molecule has 1 aliphatic heterocycles. The monoisotopic (exact) mass is 269 g/mol. The maximum atomic E-state index is 5.88. The molecule has 2 rings (SSSR count). The van der Waals surface area contributed by atoms with Crippen molar-refractivity contribution >= 4 is 11.3 Å². The smallest absolute Gasteiger partial charge is 0.0872 e. The predicted octanol–water partition coefficient (Wildman–Crippen LogP) is 1.23. The van der Waals surface area contributed by atoms with Gasteiger partial charge in [0.2, 0.25) is 0 Å². The number of nitrogens with zero attached hydrogens (tertiary/aromatic N) is 1. The highest BCUT2D eigenvalue weighted by Gasteiger charge is 2.28. The number of hydrogen-bond acceptors (Lipinski definition) is 5. The fourth-order valence-electron chi connectivity index (χ4n) is 2.35. The summed E-state index contributed by atoms with van der Waals surface area (Å²) >= 11 is 1.77. The van der Waals surface area contributed by atoms with Gasteiger partial charge in [0.1, 0.15) is 0 Å². The molecular formula is C13H23N3OS. The minimum absolute atomic E-state index is 0.174. The molecule has 1 aliphatic rings. The third-order valence-corrected chi connectivity index (χ3v) is 4.42. The minimum atomic E-state index is 0.174. The Kier molecular flexibility index (Phi) is 5.14. The number of nitrogens with two attached hydrogens (primary N) is 1. The van der Waals surface area contributed by atoms with E-state index in [9.17, 15) is 0 Å². The summed E-state index contributed by atoms with van der Waals surface area (Å²) in [4.78, 5) is 3.80. The zero-order chi connectivity index (χ0) is 13.0. The first-order valence-electron chi connectivity index (χ1n) is 6.55. The van der Waals surface area contributed by atoms with Gasteiger partial charge in [0.25, 0.3) is 0 Å². The summed E-state index contributed by atoms with van der Waals surface area (Å²) in [6.07, 6.45) is 1.11. The highest BCUT2D eigenvalue weighted by molar-refractivity contribution is 7.09. The average molecular weight is 269 g/mol. The Morgan fingerprint density at radius 3 is 3.06 bits per heavy atom. The molecule has 0 saturated carbocycles. The Bertz CT molecular complexity index is 342. The van der Waals surface area contributed by atoms with Crippen molar-refractivity contribution in [3.8, 4) is 0 Å². The van der Waals surface area contributed by atoms with Crippen LogP contribution in [0.3, 0.4) is 0 Å². The molecule has 4 nitrogen and oxygen atoms in total. The van der Waals surface area contributed by atoms with E-state index in [-0.39, 0.29) is 12.1 Å². The fourth-order valence-corrected chi connectivity index (χ4v) is 3.12. The number of morpholine rings is 1. The van der Waals surface area contributed by atoms with Gasteiger partial charge in [-0.3, -0.25) is 16.2 Å². The van der Waals surface area contributed by atoms with Crippen molar-refractivity contribution in [3.05, 3.63) is 22.4 Å². The summed E-state index contributed by atoms with van der Waals surface area (Å²) in [5.74, 6) is 5.70. The minimum Gasteiger partial charge on any atom is -0.374 e. The van der Waals surface area contributed by atoms with E-state index in [0.717, 1.165) is 26.1 Å². The van der Waals surface area contributed by atoms with Crippen molar-refractivity contribution < 1.29 is 4.74 Å². The molecule has 2 heterocycles. The molecule has 1 aromatic rings. The molecule has 0 radical (unpaired) electrons. The van der Waals surface area contributed by atoms with Gasteiger partial charge in [0.05, 0.1) is 18.8 Å². The molecule has 0 bridgehead atoms. The van der Waals surface area contributed by atoms with E-state index in [1.54, 1.807) is 11.3 Å². The van der Waals surface area contributed by atoms with Gasteiger partial charge in [-0.15, -0.1) is 11.3 Å². The van der Waals surface area contributed by atoms with Gasteiger partial charge in [0, 0.05) is 30.4 Å². The van der Waals surface area contributed by atoms with Crippen LogP contribution in [0.25, 0.3) is 0 Å². The molecule has 0 spiro atoms. The molecule has 102 valence electrons. The maximum absolute atomic E-state index is 5.88. The highest BCUT2D eigenvalue weighted by atomic mass is 32.1. The zero-order valence-corrected chi connectivity index (χ0v) is 12.0. The van der Waals surface area contributed by atoms with Crippen LogP contribution in [-0.4, -0.2) is 42.8 Å². The summed E-state index contributed by atoms with van der Waals surface area (Å²) in [7, 11) is 0. The number of nitrogens with one attached hydrogen (secondary N) is 1. The Morgan fingerprint density at radius 1 is 1.61 bits per heavy atom. The van der Waals surface area contributed by atoms with E-state index < -0.39 is 0 Å². The third-order valence-electron chi connectivity index (χ3n) is 3.52. The van der Waals surface area contributed by atoms with Crippen LogP contribution in [0.4, 0.5) is 0 Å². The van der Waals surface area contributed by atoms with Crippen LogP contribution in [0.2, 0.25) is 0 Å². The molecule has 1 aromatic heterocycles. The maximum Gasteiger partial charge on any atom is 0.0872 e. The van der Waals surface area contributed by atoms with E-state index in [4.69, 9.17) is 10.6 Å². The zero-order valence-electron chi connectivity index (χ0n) is 11.1. The van der Waals surface area contributed by atoms with Crippen LogP contribution < -0.4 is 11.3 Å². The van der Waals surface area contributed by atoms with Crippen molar-refractivity contribution in [1.82, 2.24) is 10.3 Å². The molecular weight excluding hydrogens is 246 g/mol. The van der Waals surface area contributed by atoms with Crippen molar-refractivity contribution in [2.45, 2.75) is 38.5 Å². The first-order chi connectivity index (χ1) is 8.70. The van der Waals surface area contributed by atoms with Crippen LogP contribution >= 0.6 is 11.3 Å². The molecule has 0 aromatic carbocycles. The van der Waals surface area contributed by atoms with E-state index in [0.29, 0.717) is 6.04 Å². The number of rotatable bonds is 5. The van der Waals surface area contributed by atoms with E-state index in [1.807, 2.05) is 0 Å². The number of ether oxygens (including phenoxy) is 1. The van der Waals surface area contributed by atoms with Crippen LogP contribution in [0.1, 0.15) is 18.7 Å². The largest absolute Gasteiger partial charge is 0.374 e. The Morgan fingerprint density at radius 2 is 2.44 bits per heavy atom. The van der Waals surface area contributed by atoms with Crippen molar-refractivity contribution in [1.29, 1.82) is 0 Å². The third kappa shape index (κ3) is 3.52. The molecule has 18 heavy (non-hydrogen) atoms. The molecule has 1 fully saturated rings. The van der Waals surface area contributed by atoms with Gasteiger partial charge in [0.15, 0.2) is 0 Å². The highest BCUT2D eigenvalue weighted by Crippen LogP contribution is 2.17. The van der Waals surface area contributed by atoms with Crippen LogP contribution in [0.5, 0.6) is 0 Å². The van der Waals surface area contributed by atoms with Gasteiger partial charge in [-0.2, -0.15) is 0 Å². The number of hydrogen-bond donors (Lipinski definition) is 2. The predicted molar refractivity (Wildman–Crippen MR) is 75.6 cm³/mol. The summed E-state index contributed by atoms with van der Waals surface area (Å²) in [6, 6.07) is 4.98. The second kappa shape index (κ2) is 6.63. The van der Waals surface area contributed by atoms with Crippen molar-refractivity contribution in [2.24, 2.45) is 5.84 Å². The van der Waals surface area contributed by atoms with Gasteiger partial charge in [-0.25, -0.2) is 0 Å². The standard InChI is InChI=1S/C13H23N3OS/c1-10(2)16-5-6-17-13(9-16)12(15-14)8-11-4-3-7-18-11/h3-4,7,10,12-13,15H,5-6,8-9,14H2,1-2H3. The normalized spacial score (nSPS) is 23.4. The first kappa shape index (κ1) is 14.0. The van der Waals surface area contributed by atoms with Gasteiger partial charge in [-0.1, -0.05) is 6.07 Å². The van der Waals surface area contributed by atoms with Crippen molar-refractivity contribution in [3.63, 3.8) is 0 Å². The second-order valence-corrected chi connectivity index (χ2v) is 6.09. The van der Waals surface area contributed by atoms with Gasteiger partial charge in [-0.05, 0) is 25.3 Å². The van der Waals surface area contributed by atoms with Crippen LogP contribution in [0.15, 0.2) is 17.5 Å². The summed E-state index contributed by atoms with van der Waals surface area (Å²) in [5.41, 5.74) is 2.92. The molecule has 5 heteroatoms. The van der Waals surface area contributed by atoms with Gasteiger partial charge >= 0.3 is 0 Å². The van der Waals surface area contributed by atoms with Crippen LogP contribution in [-0.2, 0) is 11.2 Å². The fraction of sp³-hybridized carbons (Fsp3) is 0.692. The van der Waals surface area contributed by atoms with E-state index in [1.165, 1.54) is 4.88 Å². The summed E-state index contributed by atoms with van der Waals surface area (Å²) in [5, 5.41) is 2.10. The Labute approximate surface area is 113 Å². The lowest BCUT2D eigenvalue weighted by Gasteiger charge is -2.38. The lowest BCUT2D eigenvalue weighted by atomic mass is 10.0. The Hall–Kier alpha value is -0.460. The number of thiophene rings is 1. The summed E-state index contributed by atoms with van der Waals surface area (Å²) < 4.78 is 5.88. The van der Waals surface area contributed by atoms with E-state index >= 15 is 0 Å². The second-order valence-electron chi connectivity index (χ2n) is 5.05. The number of hydrazine groups is 1. The molecule has 3 N–H and O–H groups in total. The quantitative estimate of drug-likeness (QED) is 0.623. The molecule has 0 aliphatic carbocycles. The molecule has 1 saturated heterocycles. The van der Waals surface area contributed by atoms with Gasteiger partial charge < -0.3 is 4.74 Å². The topological polar surface area (TPSA) is 50.5 Å². The molecule has 2 unspecified atom stereocenters. The molecule has 0 amide bonds. The lowest BCUT2D eigenvalue weighted by Crippen LogP contribution is -2.55. The molecule has 2 atom stereocenters. The first-order valence-corrected chi connectivity index (χ1v) is 7.43. The van der Waals surface area contributed by atoms with Crippen LogP contribution in [0, 0.1) is 0 Å². The van der Waals surface area contributed by atoms with E-state index in [2.05, 4.69) is 41.7 Å². The summed E-state index contributed by atoms with van der Waals surface area (Å²) in [6.45, 7) is 7.23. The SMILES string of the molecule is CC(C)N1CCOC(C(Cc2cccs2)NN)C1.